The van der Waals surface area contributed by atoms with E-state index in [9.17, 15) is 0 Å². The molecule has 14 heavy (non-hydrogen) atoms. The maximum absolute atomic E-state index is 5.38. The van der Waals surface area contributed by atoms with Gasteiger partial charge in [-0.2, -0.15) is 0 Å². The van der Waals surface area contributed by atoms with Gasteiger partial charge in [0.15, 0.2) is 5.75 Å². The molecule has 0 bridgehead atoms. The van der Waals surface area contributed by atoms with Crippen molar-refractivity contribution in [3.05, 3.63) is 41.4 Å². The molecule has 2 aromatic heterocycles. The van der Waals surface area contributed by atoms with Gasteiger partial charge in [-0.3, -0.25) is 0 Å². The van der Waals surface area contributed by atoms with Crippen LogP contribution in [0.25, 0.3) is 0 Å². The molecule has 2 rings (SSSR count). The Hall–Kier alpha value is -1.49. The lowest BCUT2D eigenvalue weighted by Crippen LogP contribution is -1.91. The molecule has 5 heteroatoms. The molecule has 0 saturated carbocycles. The van der Waals surface area contributed by atoms with Crippen LogP contribution >= 0.6 is 15.9 Å². The van der Waals surface area contributed by atoms with Crippen molar-refractivity contribution in [1.82, 2.24) is 15.0 Å². The van der Waals surface area contributed by atoms with E-state index in [2.05, 4.69) is 30.9 Å². The lowest BCUT2D eigenvalue weighted by Gasteiger charge is -2.03. The van der Waals surface area contributed by atoms with Gasteiger partial charge in [0.25, 0.3) is 0 Å². The van der Waals surface area contributed by atoms with Gasteiger partial charge in [-0.15, -0.1) is 0 Å². The van der Waals surface area contributed by atoms with Crippen LogP contribution in [0.5, 0.6) is 11.8 Å². The summed E-state index contributed by atoms with van der Waals surface area (Å²) in [5.74, 6) is 0.596. The Morgan fingerprint density at radius 2 is 1.71 bits per heavy atom. The highest BCUT2D eigenvalue weighted by atomic mass is 79.9. The van der Waals surface area contributed by atoms with Gasteiger partial charge >= 0.3 is 6.01 Å². The first-order chi connectivity index (χ1) is 6.86. The fraction of sp³-hybridized carbons (Fsp3) is 0. The summed E-state index contributed by atoms with van der Waals surface area (Å²) in [5.41, 5.74) is 0. The number of aromatic nitrogens is 3. The SMILES string of the molecule is Brc1ncccc1Oc1ncccn1. The van der Waals surface area contributed by atoms with E-state index in [1.54, 1.807) is 36.8 Å². The first-order valence-corrected chi connectivity index (χ1v) is 4.71. The molecule has 0 saturated heterocycles. The van der Waals surface area contributed by atoms with Crippen LogP contribution in [0.15, 0.2) is 41.4 Å². The maximum Gasteiger partial charge on any atom is 0.321 e. The highest BCUT2D eigenvalue weighted by molar-refractivity contribution is 9.10. The van der Waals surface area contributed by atoms with Crippen LogP contribution in [0.3, 0.4) is 0 Å². The van der Waals surface area contributed by atoms with Gasteiger partial charge in [0.2, 0.25) is 0 Å². The standard InChI is InChI=1S/C9H6BrN3O/c10-8-7(3-1-4-11-8)14-9-12-5-2-6-13-9/h1-6H. The van der Waals surface area contributed by atoms with Crippen LogP contribution in [0.4, 0.5) is 0 Å². The average Bonchev–Trinajstić information content (AvgIpc) is 2.23. The molecule has 0 atom stereocenters. The molecule has 70 valence electrons. The fourth-order valence-corrected chi connectivity index (χ4v) is 1.22. The Morgan fingerprint density at radius 3 is 2.43 bits per heavy atom. The Balaban J connectivity index is 2.24. The Bertz CT molecular complexity index is 421. The van der Waals surface area contributed by atoms with E-state index in [0.29, 0.717) is 16.4 Å². The van der Waals surface area contributed by atoms with Gasteiger partial charge in [-0.1, -0.05) is 0 Å². The van der Waals surface area contributed by atoms with Crippen molar-refractivity contribution in [2.45, 2.75) is 0 Å². The number of rotatable bonds is 2. The van der Waals surface area contributed by atoms with Gasteiger partial charge in [-0.05, 0) is 34.1 Å². The van der Waals surface area contributed by atoms with E-state index in [1.165, 1.54) is 0 Å². The van der Waals surface area contributed by atoms with Crippen molar-refractivity contribution in [2.75, 3.05) is 0 Å². The zero-order valence-electron chi connectivity index (χ0n) is 7.09. The van der Waals surface area contributed by atoms with Crippen LogP contribution in [0.1, 0.15) is 0 Å². The van der Waals surface area contributed by atoms with Crippen LogP contribution in [0, 0.1) is 0 Å². The molecule has 0 aromatic carbocycles. The summed E-state index contributed by atoms with van der Waals surface area (Å²) >= 11 is 3.26. The average molecular weight is 252 g/mol. The van der Waals surface area contributed by atoms with Crippen molar-refractivity contribution in [3.63, 3.8) is 0 Å². The van der Waals surface area contributed by atoms with E-state index in [1.807, 2.05) is 0 Å². The van der Waals surface area contributed by atoms with Gasteiger partial charge in [-0.25, -0.2) is 15.0 Å². The predicted molar refractivity (Wildman–Crippen MR) is 54.0 cm³/mol. The van der Waals surface area contributed by atoms with Crippen LogP contribution in [-0.2, 0) is 0 Å². The van der Waals surface area contributed by atoms with Crippen LogP contribution < -0.4 is 4.74 Å². The first-order valence-electron chi connectivity index (χ1n) is 3.91. The highest BCUT2D eigenvalue weighted by Crippen LogP contribution is 2.24. The molecule has 2 aromatic rings. The van der Waals surface area contributed by atoms with Gasteiger partial charge in [0, 0.05) is 18.6 Å². The van der Waals surface area contributed by atoms with Crippen molar-refractivity contribution in [1.29, 1.82) is 0 Å². The summed E-state index contributed by atoms with van der Waals surface area (Å²) in [6.45, 7) is 0. The molecule has 0 aliphatic carbocycles. The van der Waals surface area contributed by atoms with E-state index in [-0.39, 0.29) is 0 Å². The molecule has 2 heterocycles. The first kappa shape index (κ1) is 9.08. The molecular weight excluding hydrogens is 246 g/mol. The molecule has 4 nitrogen and oxygen atoms in total. The van der Waals surface area contributed by atoms with Gasteiger partial charge in [0.05, 0.1) is 0 Å². The zero-order valence-corrected chi connectivity index (χ0v) is 8.68. The van der Waals surface area contributed by atoms with Crippen LogP contribution in [0.2, 0.25) is 0 Å². The summed E-state index contributed by atoms with van der Waals surface area (Å²) in [5, 5.41) is 0. The molecule has 0 fully saturated rings. The van der Waals surface area contributed by atoms with E-state index in [0.717, 1.165) is 0 Å². The molecule has 0 radical (unpaired) electrons. The van der Waals surface area contributed by atoms with Crippen molar-refractivity contribution in [3.8, 4) is 11.8 Å². The fourth-order valence-electron chi connectivity index (χ4n) is 0.884. The minimum absolute atomic E-state index is 0.307. The van der Waals surface area contributed by atoms with Gasteiger partial charge in [0.1, 0.15) is 4.60 Å². The third kappa shape index (κ3) is 2.05. The Morgan fingerprint density at radius 1 is 1.00 bits per heavy atom. The predicted octanol–water partition coefficient (Wildman–Crippen LogP) is 2.43. The number of ether oxygens (including phenoxy) is 1. The minimum Gasteiger partial charge on any atom is -0.421 e. The van der Waals surface area contributed by atoms with E-state index < -0.39 is 0 Å². The van der Waals surface area contributed by atoms with Crippen LogP contribution in [-0.4, -0.2) is 15.0 Å². The lowest BCUT2D eigenvalue weighted by atomic mass is 10.5. The van der Waals surface area contributed by atoms with Crippen molar-refractivity contribution in [2.24, 2.45) is 0 Å². The van der Waals surface area contributed by atoms with E-state index >= 15 is 0 Å². The third-order valence-corrected chi connectivity index (χ3v) is 2.06. The quantitative estimate of drug-likeness (QED) is 0.770. The minimum atomic E-state index is 0.307. The van der Waals surface area contributed by atoms with Crippen molar-refractivity contribution >= 4 is 15.9 Å². The largest absolute Gasteiger partial charge is 0.421 e. The monoisotopic (exact) mass is 251 g/mol. The molecule has 0 aliphatic rings. The van der Waals surface area contributed by atoms with E-state index in [4.69, 9.17) is 4.74 Å². The summed E-state index contributed by atoms with van der Waals surface area (Å²) in [7, 11) is 0. The Labute approximate surface area is 89.1 Å². The molecule has 0 spiro atoms. The molecule has 0 unspecified atom stereocenters. The number of hydrogen-bond donors (Lipinski definition) is 0. The summed E-state index contributed by atoms with van der Waals surface area (Å²) in [6.07, 6.45) is 4.90. The lowest BCUT2D eigenvalue weighted by molar-refractivity contribution is 0.436. The summed E-state index contributed by atoms with van der Waals surface area (Å²) in [6, 6.07) is 5.60. The Kier molecular flexibility index (Phi) is 2.69. The number of nitrogens with zero attached hydrogens (tertiary/aromatic N) is 3. The van der Waals surface area contributed by atoms with Gasteiger partial charge < -0.3 is 4.74 Å². The molecule has 0 amide bonds. The molecular formula is C9H6BrN3O. The second kappa shape index (κ2) is 4.15. The normalized spacial score (nSPS) is 9.79. The second-order valence-electron chi connectivity index (χ2n) is 2.43. The number of halogens is 1. The van der Waals surface area contributed by atoms with Crippen molar-refractivity contribution < 1.29 is 4.74 Å². The number of pyridine rings is 1. The summed E-state index contributed by atoms with van der Waals surface area (Å²) < 4.78 is 6.01. The second-order valence-corrected chi connectivity index (χ2v) is 3.18. The smallest absolute Gasteiger partial charge is 0.321 e. The maximum atomic E-state index is 5.38. The molecule has 0 aliphatic heterocycles. The number of hydrogen-bond acceptors (Lipinski definition) is 4. The summed E-state index contributed by atoms with van der Waals surface area (Å²) in [4.78, 5) is 11.9. The highest BCUT2D eigenvalue weighted by Gasteiger charge is 2.03. The third-order valence-electron chi connectivity index (χ3n) is 1.47. The molecule has 0 N–H and O–H groups in total. The topological polar surface area (TPSA) is 47.9 Å². The zero-order chi connectivity index (χ0) is 9.80.